The summed E-state index contributed by atoms with van der Waals surface area (Å²) in [6, 6.07) is 0.446. The van der Waals surface area contributed by atoms with Crippen LogP contribution in [0.15, 0.2) is 17.8 Å². The topological polar surface area (TPSA) is 15.6 Å². The van der Waals surface area contributed by atoms with Crippen LogP contribution in [0.4, 0.5) is 0 Å². The molecule has 0 aromatic carbocycles. The highest BCUT2D eigenvalue weighted by molar-refractivity contribution is 5.80. The lowest BCUT2D eigenvalue weighted by molar-refractivity contribution is 0.457. The van der Waals surface area contributed by atoms with Crippen molar-refractivity contribution in [1.82, 2.24) is 4.90 Å². The first-order valence-electron chi connectivity index (χ1n) is 3.47. The number of hydrogen-bond acceptors (Lipinski definition) is 1. The molecule has 0 spiro atoms. The third-order valence-electron chi connectivity index (χ3n) is 1.45. The van der Waals surface area contributed by atoms with Crippen LogP contribution in [0.5, 0.6) is 0 Å². The minimum absolute atomic E-state index is 0.446. The first-order chi connectivity index (χ1) is 4.63. The molecule has 0 aromatic rings. The fraction of sp³-hybridized carbons (Fsp3) is 0.625. The van der Waals surface area contributed by atoms with Crippen LogP contribution < -0.4 is 0 Å². The highest BCUT2D eigenvalue weighted by Gasteiger charge is 2.04. The fourth-order valence-corrected chi connectivity index (χ4v) is 0.832. The maximum atomic E-state index is 4.05. The smallest absolute Gasteiger partial charge is 0.0995 e. The molecule has 0 heterocycles. The quantitative estimate of drug-likeness (QED) is 0.422. The predicted octanol–water partition coefficient (Wildman–Crippen LogP) is 1.89. The summed E-state index contributed by atoms with van der Waals surface area (Å²) in [5, 5.41) is 0. The highest BCUT2D eigenvalue weighted by Crippen LogP contribution is 1.99. The summed E-state index contributed by atoms with van der Waals surface area (Å²) in [6.07, 6.45) is 1.80. The van der Waals surface area contributed by atoms with Crippen LogP contribution in [0.2, 0.25) is 0 Å². The molecule has 0 saturated carbocycles. The van der Waals surface area contributed by atoms with E-state index in [1.807, 2.05) is 11.8 Å². The molecule has 2 heteroatoms. The van der Waals surface area contributed by atoms with Crippen molar-refractivity contribution in [3.63, 3.8) is 0 Å². The molecule has 58 valence electrons. The van der Waals surface area contributed by atoms with Crippen LogP contribution in [-0.4, -0.2) is 23.8 Å². The van der Waals surface area contributed by atoms with Crippen LogP contribution in [0.1, 0.15) is 20.8 Å². The zero-order valence-electron chi connectivity index (χ0n) is 7.26. The fourth-order valence-electron chi connectivity index (χ4n) is 0.832. The maximum absolute atomic E-state index is 4.05. The van der Waals surface area contributed by atoms with Crippen LogP contribution >= 0.6 is 0 Å². The van der Waals surface area contributed by atoms with Gasteiger partial charge in [-0.2, -0.15) is 0 Å². The van der Waals surface area contributed by atoms with Gasteiger partial charge < -0.3 is 4.90 Å². The number of amidine groups is 1. The Labute approximate surface area is 63.3 Å². The van der Waals surface area contributed by atoms with Gasteiger partial charge in [0.2, 0.25) is 0 Å². The lowest BCUT2D eigenvalue weighted by Gasteiger charge is -2.23. The standard InChI is InChI=1S/C8H16N2/c1-6-10(7(2)3)8(4)9-5/h6-7H,1H2,2-5H3. The Morgan fingerprint density at radius 1 is 1.60 bits per heavy atom. The Kier molecular flexibility index (Phi) is 3.77. The van der Waals surface area contributed by atoms with E-state index < -0.39 is 0 Å². The SMILES string of the molecule is C=CN(C(C)=NC)C(C)C. The molecule has 10 heavy (non-hydrogen) atoms. The van der Waals surface area contributed by atoms with Crippen molar-refractivity contribution in [3.05, 3.63) is 12.8 Å². The minimum Gasteiger partial charge on any atom is -0.335 e. The van der Waals surface area contributed by atoms with Gasteiger partial charge in [0, 0.05) is 13.1 Å². The van der Waals surface area contributed by atoms with Gasteiger partial charge in [-0.3, -0.25) is 4.99 Å². The molecule has 0 saturated heterocycles. The average molecular weight is 140 g/mol. The number of rotatable bonds is 2. The van der Waals surface area contributed by atoms with Crippen molar-refractivity contribution in [2.75, 3.05) is 7.05 Å². The van der Waals surface area contributed by atoms with E-state index in [0.29, 0.717) is 6.04 Å². The molecule has 0 N–H and O–H groups in total. The Morgan fingerprint density at radius 3 is 2.20 bits per heavy atom. The molecule has 0 atom stereocenters. The van der Waals surface area contributed by atoms with E-state index in [1.54, 1.807) is 13.2 Å². The molecule has 0 amide bonds. The van der Waals surface area contributed by atoms with E-state index in [-0.39, 0.29) is 0 Å². The van der Waals surface area contributed by atoms with E-state index in [0.717, 1.165) is 5.84 Å². The summed E-state index contributed by atoms with van der Waals surface area (Å²) in [4.78, 5) is 6.08. The molecule has 0 radical (unpaired) electrons. The van der Waals surface area contributed by atoms with Gasteiger partial charge >= 0.3 is 0 Å². The van der Waals surface area contributed by atoms with Crippen molar-refractivity contribution in [2.24, 2.45) is 4.99 Å². The normalized spacial score (nSPS) is 11.9. The summed E-state index contributed by atoms with van der Waals surface area (Å²) in [7, 11) is 1.79. The number of nitrogens with zero attached hydrogens (tertiary/aromatic N) is 2. The van der Waals surface area contributed by atoms with Gasteiger partial charge in [-0.05, 0) is 27.0 Å². The molecular formula is C8H16N2. The Bertz CT molecular complexity index is 136. The predicted molar refractivity (Wildman–Crippen MR) is 46.2 cm³/mol. The summed E-state index contributed by atoms with van der Waals surface area (Å²) < 4.78 is 0. The van der Waals surface area contributed by atoms with E-state index in [4.69, 9.17) is 0 Å². The molecule has 2 nitrogen and oxygen atoms in total. The second-order valence-corrected chi connectivity index (χ2v) is 2.45. The van der Waals surface area contributed by atoms with Crippen LogP contribution in [0, 0.1) is 0 Å². The molecule has 0 bridgehead atoms. The molecular weight excluding hydrogens is 124 g/mol. The monoisotopic (exact) mass is 140 g/mol. The lowest BCUT2D eigenvalue weighted by atomic mass is 10.3. The summed E-state index contributed by atoms with van der Waals surface area (Å²) in [5.74, 6) is 1.00. The second kappa shape index (κ2) is 4.09. The van der Waals surface area contributed by atoms with E-state index in [1.165, 1.54) is 0 Å². The number of aliphatic imine (C=N–C) groups is 1. The Hall–Kier alpha value is -0.790. The Morgan fingerprint density at radius 2 is 2.10 bits per heavy atom. The molecule has 0 aromatic heterocycles. The van der Waals surface area contributed by atoms with Gasteiger partial charge in [-0.25, -0.2) is 0 Å². The third-order valence-corrected chi connectivity index (χ3v) is 1.45. The zero-order chi connectivity index (χ0) is 8.15. The van der Waals surface area contributed by atoms with E-state index in [2.05, 4.69) is 25.4 Å². The second-order valence-electron chi connectivity index (χ2n) is 2.45. The summed E-state index contributed by atoms with van der Waals surface area (Å²) >= 11 is 0. The van der Waals surface area contributed by atoms with Crippen molar-refractivity contribution in [3.8, 4) is 0 Å². The van der Waals surface area contributed by atoms with Crippen LogP contribution in [0.25, 0.3) is 0 Å². The molecule has 0 fully saturated rings. The maximum Gasteiger partial charge on any atom is 0.0995 e. The minimum atomic E-state index is 0.446. The number of hydrogen-bond donors (Lipinski definition) is 0. The molecule has 0 aliphatic heterocycles. The average Bonchev–Trinajstić information content (AvgIpc) is 1.88. The van der Waals surface area contributed by atoms with Gasteiger partial charge in [0.15, 0.2) is 0 Å². The molecule has 0 rings (SSSR count). The van der Waals surface area contributed by atoms with Crippen LogP contribution in [0.3, 0.4) is 0 Å². The van der Waals surface area contributed by atoms with E-state index in [9.17, 15) is 0 Å². The summed E-state index contributed by atoms with van der Waals surface area (Å²) in [5.41, 5.74) is 0. The van der Waals surface area contributed by atoms with Gasteiger partial charge in [0.25, 0.3) is 0 Å². The molecule has 0 unspecified atom stereocenters. The van der Waals surface area contributed by atoms with Gasteiger partial charge in [0.1, 0.15) is 0 Å². The zero-order valence-corrected chi connectivity index (χ0v) is 7.26. The van der Waals surface area contributed by atoms with E-state index >= 15 is 0 Å². The largest absolute Gasteiger partial charge is 0.335 e. The first kappa shape index (κ1) is 9.21. The van der Waals surface area contributed by atoms with Gasteiger partial charge in [0.05, 0.1) is 5.84 Å². The highest BCUT2D eigenvalue weighted by atomic mass is 15.2. The Balaban J connectivity index is 4.21. The first-order valence-corrected chi connectivity index (χ1v) is 3.47. The van der Waals surface area contributed by atoms with Gasteiger partial charge in [-0.1, -0.05) is 6.58 Å². The van der Waals surface area contributed by atoms with Crippen molar-refractivity contribution < 1.29 is 0 Å². The van der Waals surface area contributed by atoms with Crippen molar-refractivity contribution in [1.29, 1.82) is 0 Å². The summed E-state index contributed by atoms with van der Waals surface area (Å²) in [6.45, 7) is 9.89. The lowest BCUT2D eigenvalue weighted by Crippen LogP contribution is -2.29. The van der Waals surface area contributed by atoms with Crippen LogP contribution in [-0.2, 0) is 0 Å². The van der Waals surface area contributed by atoms with Crippen molar-refractivity contribution in [2.45, 2.75) is 26.8 Å². The van der Waals surface area contributed by atoms with Gasteiger partial charge in [-0.15, -0.1) is 0 Å². The van der Waals surface area contributed by atoms with Crippen molar-refractivity contribution >= 4 is 5.84 Å². The molecule has 0 aliphatic rings. The third kappa shape index (κ3) is 2.21. The molecule has 0 aliphatic carbocycles.